The molecule has 0 aliphatic carbocycles. The van der Waals surface area contributed by atoms with E-state index in [9.17, 15) is 13.2 Å². The Bertz CT molecular complexity index is 593. The van der Waals surface area contributed by atoms with Crippen molar-refractivity contribution in [1.29, 1.82) is 0 Å². The molecule has 0 aliphatic heterocycles. The number of aromatic nitrogens is 3. The Hall–Kier alpha value is -1.83. The molecule has 0 atom stereocenters. The van der Waals surface area contributed by atoms with Crippen molar-refractivity contribution < 1.29 is 13.2 Å². The van der Waals surface area contributed by atoms with Crippen LogP contribution in [0.1, 0.15) is 25.0 Å². The lowest BCUT2D eigenvalue weighted by Crippen LogP contribution is -2.20. The molecule has 116 valence electrons. The first-order valence-electron chi connectivity index (χ1n) is 6.76. The zero-order valence-corrected chi connectivity index (χ0v) is 11.8. The Labute approximate surface area is 120 Å². The van der Waals surface area contributed by atoms with Gasteiger partial charge < -0.3 is 10.6 Å². The number of hydrogen-bond acceptors (Lipinski definition) is 4. The topological polar surface area (TPSA) is 59.5 Å². The Kier molecular flexibility index (Phi) is 4.66. The fraction of sp³-hybridized carbons (Fsp3) is 0.538. The van der Waals surface area contributed by atoms with Gasteiger partial charge in [-0.15, -0.1) is 0 Å². The Morgan fingerprint density at radius 2 is 2.05 bits per heavy atom. The second-order valence-corrected chi connectivity index (χ2v) is 4.88. The molecular weight excluding hydrogens is 283 g/mol. The fourth-order valence-electron chi connectivity index (χ4n) is 2.12. The molecule has 21 heavy (non-hydrogen) atoms. The van der Waals surface area contributed by atoms with Gasteiger partial charge in [-0.1, -0.05) is 6.42 Å². The summed E-state index contributed by atoms with van der Waals surface area (Å²) in [7, 11) is 1.81. The van der Waals surface area contributed by atoms with Crippen molar-refractivity contribution in [3.8, 4) is 0 Å². The molecule has 0 amide bonds. The standard InChI is InChI=1S/C13H18F3N5/c1-20(7-4-2-3-5-17)12-10-9-11(13(14,15)16)19-21(10)8-6-18-12/h6,8-9H,2-5,7,17H2,1H3. The fourth-order valence-corrected chi connectivity index (χ4v) is 2.12. The van der Waals surface area contributed by atoms with Gasteiger partial charge in [0, 0.05) is 32.1 Å². The van der Waals surface area contributed by atoms with Gasteiger partial charge in [-0.05, 0) is 19.4 Å². The third-order valence-electron chi connectivity index (χ3n) is 3.22. The number of nitrogens with two attached hydrogens (primary N) is 1. The summed E-state index contributed by atoms with van der Waals surface area (Å²) >= 11 is 0. The number of alkyl halides is 3. The van der Waals surface area contributed by atoms with E-state index in [1.165, 1.54) is 16.9 Å². The molecule has 0 aromatic carbocycles. The van der Waals surface area contributed by atoms with Crippen LogP contribution in [-0.4, -0.2) is 34.7 Å². The van der Waals surface area contributed by atoms with Gasteiger partial charge in [0.2, 0.25) is 0 Å². The third kappa shape index (κ3) is 3.63. The van der Waals surface area contributed by atoms with Crippen LogP contribution < -0.4 is 10.6 Å². The zero-order chi connectivity index (χ0) is 15.5. The molecule has 0 radical (unpaired) electrons. The summed E-state index contributed by atoms with van der Waals surface area (Å²) in [5.74, 6) is 0.494. The number of unbranched alkanes of at least 4 members (excludes halogenated alkanes) is 2. The van der Waals surface area contributed by atoms with Crippen LogP contribution in [0, 0.1) is 0 Å². The van der Waals surface area contributed by atoms with Gasteiger partial charge in [0.25, 0.3) is 0 Å². The highest BCUT2D eigenvalue weighted by atomic mass is 19.4. The van der Waals surface area contributed by atoms with Crippen molar-refractivity contribution in [3.05, 3.63) is 24.2 Å². The van der Waals surface area contributed by atoms with Gasteiger partial charge in [0.1, 0.15) is 5.52 Å². The van der Waals surface area contributed by atoms with E-state index in [-0.39, 0.29) is 0 Å². The van der Waals surface area contributed by atoms with E-state index in [4.69, 9.17) is 5.73 Å². The van der Waals surface area contributed by atoms with E-state index in [2.05, 4.69) is 10.1 Å². The molecule has 0 unspecified atom stereocenters. The van der Waals surface area contributed by atoms with Crippen molar-refractivity contribution in [2.24, 2.45) is 5.73 Å². The maximum absolute atomic E-state index is 12.7. The van der Waals surface area contributed by atoms with Crippen molar-refractivity contribution in [1.82, 2.24) is 14.6 Å². The lowest BCUT2D eigenvalue weighted by Gasteiger charge is -2.18. The van der Waals surface area contributed by atoms with Crippen LogP contribution in [0.5, 0.6) is 0 Å². The first-order valence-corrected chi connectivity index (χ1v) is 6.76. The minimum atomic E-state index is -4.46. The second-order valence-electron chi connectivity index (χ2n) is 4.88. The number of nitrogens with zero attached hydrogens (tertiary/aromatic N) is 4. The number of fused-ring (bicyclic) bond motifs is 1. The molecule has 0 spiro atoms. The van der Waals surface area contributed by atoms with E-state index < -0.39 is 11.9 Å². The van der Waals surface area contributed by atoms with Gasteiger partial charge in [-0.25, -0.2) is 9.50 Å². The molecular formula is C13H18F3N5. The van der Waals surface area contributed by atoms with Crippen LogP contribution in [0.2, 0.25) is 0 Å². The summed E-state index contributed by atoms with van der Waals surface area (Å²) in [5, 5.41) is 3.55. The highest BCUT2D eigenvalue weighted by Gasteiger charge is 2.34. The van der Waals surface area contributed by atoms with Crippen LogP contribution in [-0.2, 0) is 6.18 Å². The largest absolute Gasteiger partial charge is 0.435 e. The number of rotatable bonds is 6. The molecule has 2 rings (SSSR count). The Balaban J connectivity index is 2.21. The van der Waals surface area contributed by atoms with E-state index >= 15 is 0 Å². The van der Waals surface area contributed by atoms with Gasteiger partial charge in [0.15, 0.2) is 11.5 Å². The Morgan fingerprint density at radius 3 is 2.71 bits per heavy atom. The van der Waals surface area contributed by atoms with E-state index in [1.807, 2.05) is 11.9 Å². The average molecular weight is 301 g/mol. The molecule has 2 N–H and O–H groups in total. The van der Waals surface area contributed by atoms with Gasteiger partial charge in [-0.2, -0.15) is 18.3 Å². The number of halogens is 3. The van der Waals surface area contributed by atoms with Crippen LogP contribution in [0.3, 0.4) is 0 Å². The average Bonchev–Trinajstić information content (AvgIpc) is 2.87. The van der Waals surface area contributed by atoms with E-state index in [1.54, 1.807) is 0 Å². The third-order valence-corrected chi connectivity index (χ3v) is 3.22. The molecule has 2 aromatic rings. The van der Waals surface area contributed by atoms with E-state index in [0.717, 1.165) is 25.3 Å². The molecule has 0 saturated carbocycles. The van der Waals surface area contributed by atoms with Crippen LogP contribution >= 0.6 is 0 Å². The lowest BCUT2D eigenvalue weighted by atomic mass is 10.2. The van der Waals surface area contributed by atoms with Crippen molar-refractivity contribution in [3.63, 3.8) is 0 Å². The smallest absolute Gasteiger partial charge is 0.358 e. The lowest BCUT2D eigenvalue weighted by molar-refractivity contribution is -0.141. The molecule has 0 saturated heterocycles. The minimum Gasteiger partial charge on any atom is -0.358 e. The molecule has 5 nitrogen and oxygen atoms in total. The van der Waals surface area contributed by atoms with Crippen LogP contribution in [0.25, 0.3) is 5.52 Å². The normalized spacial score (nSPS) is 12.0. The minimum absolute atomic E-state index is 0.353. The molecule has 0 aliphatic rings. The maximum Gasteiger partial charge on any atom is 0.435 e. The molecule has 8 heteroatoms. The van der Waals surface area contributed by atoms with Gasteiger partial charge in [0.05, 0.1) is 0 Å². The first-order chi connectivity index (χ1) is 9.93. The van der Waals surface area contributed by atoms with Crippen molar-refractivity contribution in [2.45, 2.75) is 25.4 Å². The molecule has 0 fully saturated rings. The number of hydrogen-bond donors (Lipinski definition) is 1. The predicted molar refractivity (Wildman–Crippen MR) is 74.2 cm³/mol. The summed E-state index contributed by atoms with van der Waals surface area (Å²) in [4.78, 5) is 6.02. The van der Waals surface area contributed by atoms with Gasteiger partial charge in [-0.3, -0.25) is 0 Å². The van der Waals surface area contributed by atoms with Crippen molar-refractivity contribution in [2.75, 3.05) is 25.0 Å². The Morgan fingerprint density at radius 1 is 1.29 bits per heavy atom. The zero-order valence-electron chi connectivity index (χ0n) is 11.8. The second kappa shape index (κ2) is 6.30. The summed E-state index contributed by atoms with van der Waals surface area (Å²) in [6.45, 7) is 1.36. The maximum atomic E-state index is 12.7. The molecule has 2 heterocycles. The number of anilines is 1. The summed E-state index contributed by atoms with van der Waals surface area (Å²) < 4.78 is 39.4. The summed E-state index contributed by atoms with van der Waals surface area (Å²) in [6, 6.07) is 1.03. The summed E-state index contributed by atoms with van der Waals surface area (Å²) in [5.41, 5.74) is 4.87. The molecule has 2 aromatic heterocycles. The predicted octanol–water partition coefficient (Wildman–Crippen LogP) is 2.31. The van der Waals surface area contributed by atoms with Crippen molar-refractivity contribution >= 4 is 11.3 Å². The van der Waals surface area contributed by atoms with E-state index in [0.29, 0.717) is 24.4 Å². The highest BCUT2D eigenvalue weighted by Crippen LogP contribution is 2.30. The molecule has 0 bridgehead atoms. The highest BCUT2D eigenvalue weighted by molar-refractivity contribution is 5.68. The van der Waals surface area contributed by atoms with Crippen LogP contribution in [0.15, 0.2) is 18.5 Å². The van der Waals surface area contributed by atoms with Crippen LogP contribution in [0.4, 0.5) is 19.0 Å². The first kappa shape index (κ1) is 15.6. The summed E-state index contributed by atoms with van der Waals surface area (Å²) in [6.07, 6.45) is 1.25. The van der Waals surface area contributed by atoms with Gasteiger partial charge >= 0.3 is 6.18 Å². The monoisotopic (exact) mass is 301 g/mol. The quantitative estimate of drug-likeness (QED) is 0.832. The SMILES string of the molecule is CN(CCCCCN)c1nccn2nc(C(F)(F)F)cc12.